The Hall–Kier alpha value is -2.86. The molecule has 0 radical (unpaired) electrons. The maximum absolute atomic E-state index is 13.1. The molecule has 3 heterocycles. The van der Waals surface area contributed by atoms with Crippen LogP contribution in [0.4, 0.5) is 0 Å². The third kappa shape index (κ3) is 3.15. The van der Waals surface area contributed by atoms with Crippen LogP contribution in [0.15, 0.2) is 48.2 Å². The quantitative estimate of drug-likeness (QED) is 0.903. The molecular formula is C20H21N3O3. The van der Waals surface area contributed by atoms with Crippen molar-refractivity contribution in [2.75, 3.05) is 6.54 Å². The first-order valence-corrected chi connectivity index (χ1v) is 8.80. The third-order valence-electron chi connectivity index (χ3n) is 4.67. The largest absolute Gasteiger partial charge is 0.464 e. The molecule has 1 aromatic heterocycles. The monoisotopic (exact) mass is 351 g/mol. The number of para-hydroxylation sites is 1. The molecule has 0 fully saturated rings. The lowest BCUT2D eigenvalue weighted by molar-refractivity contribution is -0.127. The van der Waals surface area contributed by atoms with E-state index >= 15 is 0 Å². The van der Waals surface area contributed by atoms with Crippen molar-refractivity contribution in [1.29, 1.82) is 0 Å². The molecule has 134 valence electrons. The summed E-state index contributed by atoms with van der Waals surface area (Å²) in [6, 6.07) is 9.52. The van der Waals surface area contributed by atoms with Gasteiger partial charge in [-0.25, -0.2) is 0 Å². The van der Waals surface area contributed by atoms with Crippen molar-refractivity contribution in [3.05, 3.63) is 65.2 Å². The van der Waals surface area contributed by atoms with Gasteiger partial charge < -0.3 is 14.7 Å². The van der Waals surface area contributed by atoms with Crippen molar-refractivity contribution in [2.24, 2.45) is 0 Å². The Morgan fingerprint density at radius 3 is 3.00 bits per heavy atom. The second-order valence-electron chi connectivity index (χ2n) is 6.60. The first-order valence-electron chi connectivity index (χ1n) is 8.80. The van der Waals surface area contributed by atoms with Crippen LogP contribution in [0.25, 0.3) is 6.08 Å². The predicted molar refractivity (Wildman–Crippen MR) is 97.1 cm³/mol. The average molecular weight is 351 g/mol. The minimum Gasteiger partial charge on any atom is -0.464 e. The van der Waals surface area contributed by atoms with Crippen LogP contribution in [0.1, 0.15) is 36.4 Å². The summed E-state index contributed by atoms with van der Waals surface area (Å²) in [6.45, 7) is 3.59. The molecule has 0 aliphatic carbocycles. The lowest BCUT2D eigenvalue weighted by Gasteiger charge is -2.20. The van der Waals surface area contributed by atoms with Gasteiger partial charge in [0.15, 0.2) is 0 Å². The Bertz CT molecular complexity index is 895. The highest BCUT2D eigenvalue weighted by molar-refractivity contribution is 6.01. The molecule has 0 bridgehead atoms. The van der Waals surface area contributed by atoms with Crippen LogP contribution in [0, 0.1) is 0 Å². The van der Waals surface area contributed by atoms with Gasteiger partial charge in [-0.1, -0.05) is 18.2 Å². The van der Waals surface area contributed by atoms with E-state index in [1.807, 2.05) is 46.0 Å². The van der Waals surface area contributed by atoms with Crippen LogP contribution >= 0.6 is 0 Å². The van der Waals surface area contributed by atoms with Gasteiger partial charge in [-0.2, -0.15) is 5.10 Å². The van der Waals surface area contributed by atoms with Crippen molar-refractivity contribution < 1.29 is 14.6 Å². The number of nitrogens with zero attached hydrogens (tertiary/aromatic N) is 3. The number of aromatic nitrogens is 2. The van der Waals surface area contributed by atoms with Gasteiger partial charge >= 0.3 is 0 Å². The van der Waals surface area contributed by atoms with Crippen LogP contribution in [0.5, 0.6) is 5.75 Å². The molecule has 2 aromatic rings. The van der Waals surface area contributed by atoms with Crippen molar-refractivity contribution in [2.45, 2.75) is 32.5 Å². The van der Waals surface area contributed by atoms with E-state index in [0.29, 0.717) is 24.4 Å². The first kappa shape index (κ1) is 16.6. The number of carbonyl (C=O) groups is 1. The van der Waals surface area contributed by atoms with Crippen molar-refractivity contribution in [3.8, 4) is 5.75 Å². The van der Waals surface area contributed by atoms with Gasteiger partial charge in [0.25, 0.3) is 5.91 Å². The molecule has 0 spiro atoms. The molecule has 0 unspecified atom stereocenters. The molecule has 2 aliphatic heterocycles. The molecule has 1 atom stereocenters. The Morgan fingerprint density at radius 2 is 2.15 bits per heavy atom. The van der Waals surface area contributed by atoms with E-state index in [1.54, 1.807) is 19.3 Å². The Balaban J connectivity index is 1.60. The highest BCUT2D eigenvalue weighted by Crippen LogP contribution is 2.26. The van der Waals surface area contributed by atoms with Gasteiger partial charge in [0.05, 0.1) is 30.3 Å². The van der Waals surface area contributed by atoms with E-state index in [0.717, 1.165) is 30.0 Å². The van der Waals surface area contributed by atoms with E-state index in [9.17, 15) is 9.90 Å². The number of fused-ring (bicyclic) bond motifs is 2. The maximum Gasteiger partial charge on any atom is 0.254 e. The fourth-order valence-corrected chi connectivity index (χ4v) is 3.28. The average Bonchev–Trinajstić information content (AvgIpc) is 2.81. The standard InChI is InChI=1S/C20H21N3O3/c1-14(24)18-12-17-13-22(8-4-9-23(17)21-18)20(25)16-7-10-26-19-6-3-2-5-15(19)11-16/h2-3,5-7,10-12,14,24H,4,8-9,13H2,1H3/t14-/m1/s1. The minimum atomic E-state index is -0.611. The first-order chi connectivity index (χ1) is 12.6. The number of rotatable bonds is 2. The lowest BCUT2D eigenvalue weighted by atomic mass is 10.1. The fraction of sp³-hybridized carbons (Fsp3) is 0.300. The molecule has 6 nitrogen and oxygen atoms in total. The Morgan fingerprint density at radius 1 is 1.31 bits per heavy atom. The van der Waals surface area contributed by atoms with Crippen LogP contribution in [-0.4, -0.2) is 32.2 Å². The normalized spacial score (nSPS) is 17.3. The summed E-state index contributed by atoms with van der Waals surface area (Å²) in [6.07, 6.45) is 5.35. The molecule has 1 aromatic carbocycles. The molecule has 1 amide bonds. The maximum atomic E-state index is 13.1. The van der Waals surface area contributed by atoms with Crippen LogP contribution in [0.2, 0.25) is 0 Å². The number of carbonyl (C=O) groups excluding carboxylic acids is 1. The van der Waals surface area contributed by atoms with E-state index in [-0.39, 0.29) is 5.91 Å². The number of hydrogen-bond acceptors (Lipinski definition) is 4. The highest BCUT2D eigenvalue weighted by atomic mass is 16.5. The van der Waals surface area contributed by atoms with Crippen LogP contribution in [-0.2, 0) is 17.9 Å². The fourth-order valence-electron chi connectivity index (χ4n) is 3.28. The van der Waals surface area contributed by atoms with Crippen molar-refractivity contribution in [3.63, 3.8) is 0 Å². The van der Waals surface area contributed by atoms with Gasteiger partial charge in [-0.3, -0.25) is 9.48 Å². The minimum absolute atomic E-state index is 0.0326. The smallest absolute Gasteiger partial charge is 0.254 e. The van der Waals surface area contributed by atoms with Crippen molar-refractivity contribution >= 4 is 12.0 Å². The number of aliphatic hydroxyl groups is 1. The molecule has 0 saturated carbocycles. The van der Waals surface area contributed by atoms with Crippen LogP contribution in [0.3, 0.4) is 0 Å². The van der Waals surface area contributed by atoms with E-state index in [2.05, 4.69) is 5.10 Å². The summed E-state index contributed by atoms with van der Waals surface area (Å²) in [4.78, 5) is 14.9. The summed E-state index contributed by atoms with van der Waals surface area (Å²) < 4.78 is 7.48. The highest BCUT2D eigenvalue weighted by Gasteiger charge is 2.23. The summed E-state index contributed by atoms with van der Waals surface area (Å²) >= 11 is 0. The molecule has 6 heteroatoms. The third-order valence-corrected chi connectivity index (χ3v) is 4.67. The molecule has 1 N–H and O–H groups in total. The van der Waals surface area contributed by atoms with E-state index in [1.165, 1.54) is 0 Å². The van der Waals surface area contributed by atoms with Gasteiger partial charge in [-0.15, -0.1) is 0 Å². The van der Waals surface area contributed by atoms with Gasteiger partial charge in [0.1, 0.15) is 5.75 Å². The molecule has 4 rings (SSSR count). The summed E-state index contributed by atoms with van der Waals surface area (Å²) in [5.74, 6) is 0.705. The van der Waals surface area contributed by atoms with Crippen molar-refractivity contribution in [1.82, 2.24) is 14.7 Å². The SMILES string of the molecule is C[C@@H](O)c1cc2n(n1)CCCN(C(=O)C1=Cc3ccccc3OC=C1)C2. The summed E-state index contributed by atoms with van der Waals surface area (Å²) in [5.41, 5.74) is 3.07. The topological polar surface area (TPSA) is 67.6 Å². The second kappa shape index (κ2) is 6.80. The zero-order valence-electron chi connectivity index (χ0n) is 14.6. The molecular weight excluding hydrogens is 330 g/mol. The Labute approximate surface area is 152 Å². The summed E-state index contributed by atoms with van der Waals surface area (Å²) in [5, 5.41) is 14.2. The number of amides is 1. The molecule has 26 heavy (non-hydrogen) atoms. The second-order valence-corrected chi connectivity index (χ2v) is 6.60. The summed E-state index contributed by atoms with van der Waals surface area (Å²) in [7, 11) is 0. The number of aryl methyl sites for hydroxylation is 1. The number of hydrogen-bond donors (Lipinski definition) is 1. The van der Waals surface area contributed by atoms with E-state index in [4.69, 9.17) is 4.74 Å². The number of ether oxygens (including phenoxy) is 1. The lowest BCUT2D eigenvalue weighted by Crippen LogP contribution is -2.31. The zero-order chi connectivity index (χ0) is 18.1. The van der Waals surface area contributed by atoms with E-state index < -0.39 is 6.10 Å². The predicted octanol–water partition coefficient (Wildman–Crippen LogP) is 2.66. The van der Waals surface area contributed by atoms with Gasteiger partial charge in [-0.05, 0) is 37.6 Å². The van der Waals surface area contributed by atoms with Crippen LogP contribution < -0.4 is 4.74 Å². The molecule has 2 aliphatic rings. The number of aliphatic hydroxyl groups excluding tert-OH is 1. The van der Waals surface area contributed by atoms with Gasteiger partial charge in [0, 0.05) is 24.2 Å². The zero-order valence-corrected chi connectivity index (χ0v) is 14.6. The van der Waals surface area contributed by atoms with Gasteiger partial charge in [0.2, 0.25) is 0 Å². The number of benzene rings is 1. The molecule has 0 saturated heterocycles. The Kier molecular flexibility index (Phi) is 4.34.